The van der Waals surface area contributed by atoms with Gasteiger partial charge in [-0.15, -0.1) is 0 Å². The highest BCUT2D eigenvalue weighted by Gasteiger charge is 2.34. The SMILES string of the molecule is Fc1cc2c(cc1I)NCC1(CCCCCC1)N2. The van der Waals surface area contributed by atoms with E-state index in [-0.39, 0.29) is 11.4 Å². The average molecular weight is 360 g/mol. The number of rotatable bonds is 0. The number of halogens is 2. The zero-order valence-electron chi connectivity index (χ0n) is 10.4. The van der Waals surface area contributed by atoms with Crippen molar-refractivity contribution in [3.05, 3.63) is 21.5 Å². The van der Waals surface area contributed by atoms with Crippen LogP contribution in [-0.4, -0.2) is 12.1 Å². The zero-order valence-corrected chi connectivity index (χ0v) is 12.5. The van der Waals surface area contributed by atoms with Gasteiger partial charge in [-0.2, -0.15) is 0 Å². The monoisotopic (exact) mass is 360 g/mol. The van der Waals surface area contributed by atoms with Crippen molar-refractivity contribution in [2.24, 2.45) is 0 Å². The topological polar surface area (TPSA) is 24.1 Å². The van der Waals surface area contributed by atoms with Crippen molar-refractivity contribution in [1.82, 2.24) is 0 Å². The maximum atomic E-state index is 13.7. The number of benzene rings is 1. The van der Waals surface area contributed by atoms with Crippen LogP contribution in [0.1, 0.15) is 38.5 Å². The highest BCUT2D eigenvalue weighted by Crippen LogP contribution is 2.38. The molecule has 0 atom stereocenters. The van der Waals surface area contributed by atoms with E-state index in [9.17, 15) is 4.39 Å². The molecule has 1 aliphatic heterocycles. The molecule has 0 amide bonds. The molecule has 0 bridgehead atoms. The molecule has 1 heterocycles. The Morgan fingerprint density at radius 2 is 1.78 bits per heavy atom. The minimum atomic E-state index is -0.130. The lowest BCUT2D eigenvalue weighted by molar-refractivity contribution is 0.422. The zero-order chi connectivity index (χ0) is 12.6. The molecule has 0 aromatic heterocycles. The van der Waals surface area contributed by atoms with Crippen LogP contribution in [0.3, 0.4) is 0 Å². The summed E-state index contributed by atoms with van der Waals surface area (Å²) in [4.78, 5) is 0. The molecular formula is C14H18FIN2. The van der Waals surface area contributed by atoms with Crippen molar-refractivity contribution in [2.75, 3.05) is 17.2 Å². The van der Waals surface area contributed by atoms with Gasteiger partial charge in [-0.1, -0.05) is 25.7 Å². The molecule has 1 aromatic rings. The molecule has 18 heavy (non-hydrogen) atoms. The first-order chi connectivity index (χ1) is 8.69. The van der Waals surface area contributed by atoms with Gasteiger partial charge in [0.05, 0.1) is 20.5 Å². The van der Waals surface area contributed by atoms with Gasteiger partial charge in [-0.3, -0.25) is 0 Å². The van der Waals surface area contributed by atoms with Crippen molar-refractivity contribution in [2.45, 2.75) is 44.1 Å². The second-order valence-corrected chi connectivity index (χ2v) is 6.65. The normalized spacial score (nSPS) is 21.7. The van der Waals surface area contributed by atoms with Crippen LogP contribution in [0.2, 0.25) is 0 Å². The van der Waals surface area contributed by atoms with Crippen molar-refractivity contribution < 1.29 is 4.39 Å². The van der Waals surface area contributed by atoms with Crippen molar-refractivity contribution in [3.63, 3.8) is 0 Å². The van der Waals surface area contributed by atoms with Crippen LogP contribution in [0.5, 0.6) is 0 Å². The van der Waals surface area contributed by atoms with Gasteiger partial charge in [-0.25, -0.2) is 4.39 Å². The molecule has 0 saturated heterocycles. The maximum Gasteiger partial charge on any atom is 0.138 e. The molecule has 2 nitrogen and oxygen atoms in total. The smallest absolute Gasteiger partial charge is 0.138 e. The first-order valence-electron chi connectivity index (χ1n) is 6.70. The van der Waals surface area contributed by atoms with E-state index in [0.29, 0.717) is 3.57 Å². The van der Waals surface area contributed by atoms with Gasteiger partial charge in [0, 0.05) is 12.6 Å². The number of fused-ring (bicyclic) bond motifs is 1. The maximum absolute atomic E-state index is 13.7. The minimum Gasteiger partial charge on any atom is -0.381 e. The Morgan fingerprint density at radius 1 is 1.06 bits per heavy atom. The Bertz CT molecular complexity index is 453. The molecule has 0 unspecified atom stereocenters. The van der Waals surface area contributed by atoms with Crippen LogP contribution >= 0.6 is 22.6 Å². The number of hydrogen-bond acceptors (Lipinski definition) is 2. The molecule has 0 radical (unpaired) electrons. The minimum absolute atomic E-state index is 0.130. The van der Waals surface area contributed by atoms with Crippen molar-refractivity contribution >= 4 is 34.0 Å². The largest absolute Gasteiger partial charge is 0.381 e. The van der Waals surface area contributed by atoms with Gasteiger partial charge < -0.3 is 10.6 Å². The summed E-state index contributed by atoms with van der Waals surface area (Å²) in [6, 6.07) is 3.53. The Morgan fingerprint density at radius 3 is 2.50 bits per heavy atom. The fraction of sp³-hybridized carbons (Fsp3) is 0.571. The van der Waals surface area contributed by atoms with Gasteiger partial charge in [-0.05, 0) is 41.5 Å². The molecule has 1 fully saturated rings. The molecule has 3 rings (SSSR count). The third-order valence-electron chi connectivity index (χ3n) is 4.14. The molecule has 1 spiro atoms. The van der Waals surface area contributed by atoms with Crippen LogP contribution in [0.4, 0.5) is 15.8 Å². The van der Waals surface area contributed by atoms with Crippen molar-refractivity contribution in [3.8, 4) is 0 Å². The van der Waals surface area contributed by atoms with Crippen molar-refractivity contribution in [1.29, 1.82) is 0 Å². The van der Waals surface area contributed by atoms with Gasteiger partial charge in [0.2, 0.25) is 0 Å². The first-order valence-corrected chi connectivity index (χ1v) is 7.78. The van der Waals surface area contributed by atoms with E-state index in [1.54, 1.807) is 6.07 Å². The lowest BCUT2D eigenvalue weighted by Gasteiger charge is -2.40. The van der Waals surface area contributed by atoms with Crippen LogP contribution in [0.25, 0.3) is 0 Å². The summed E-state index contributed by atoms with van der Waals surface area (Å²) < 4.78 is 14.3. The summed E-state index contributed by atoms with van der Waals surface area (Å²) in [5, 5.41) is 7.10. The third-order valence-corrected chi connectivity index (χ3v) is 4.96. The Kier molecular flexibility index (Phi) is 3.38. The molecule has 4 heteroatoms. The number of nitrogens with one attached hydrogen (secondary N) is 2. The predicted octanol–water partition coefficient (Wildman–Crippen LogP) is 4.36. The summed E-state index contributed by atoms with van der Waals surface area (Å²) in [5.41, 5.74) is 2.11. The van der Waals surface area contributed by atoms with Gasteiger partial charge in [0.1, 0.15) is 5.82 Å². The molecule has 2 N–H and O–H groups in total. The summed E-state index contributed by atoms with van der Waals surface area (Å²) in [5.74, 6) is -0.130. The summed E-state index contributed by atoms with van der Waals surface area (Å²) >= 11 is 2.04. The highest BCUT2D eigenvalue weighted by molar-refractivity contribution is 14.1. The van der Waals surface area contributed by atoms with Gasteiger partial charge in [0.25, 0.3) is 0 Å². The predicted molar refractivity (Wildman–Crippen MR) is 81.7 cm³/mol. The van der Waals surface area contributed by atoms with Gasteiger partial charge in [0.15, 0.2) is 0 Å². The number of hydrogen-bond donors (Lipinski definition) is 2. The van der Waals surface area contributed by atoms with Crippen LogP contribution in [0.15, 0.2) is 12.1 Å². The quantitative estimate of drug-likeness (QED) is 0.672. The Labute approximate surface area is 121 Å². The molecule has 2 aliphatic rings. The standard InChI is InChI=1S/C14H18FIN2/c15-10-7-13-12(8-11(10)16)17-9-14(18-13)5-3-1-2-4-6-14/h7-8,17-18H,1-6,9H2. The van der Waals surface area contributed by atoms with E-state index >= 15 is 0 Å². The first kappa shape index (κ1) is 12.5. The molecular weight excluding hydrogens is 342 g/mol. The van der Waals surface area contributed by atoms with E-state index < -0.39 is 0 Å². The third kappa shape index (κ3) is 2.31. The number of anilines is 2. The Hall–Kier alpha value is -0.520. The van der Waals surface area contributed by atoms with Crippen LogP contribution < -0.4 is 10.6 Å². The van der Waals surface area contributed by atoms with E-state index in [4.69, 9.17) is 0 Å². The van der Waals surface area contributed by atoms with Gasteiger partial charge >= 0.3 is 0 Å². The second-order valence-electron chi connectivity index (χ2n) is 5.48. The molecule has 1 aromatic carbocycles. The van der Waals surface area contributed by atoms with Crippen LogP contribution in [-0.2, 0) is 0 Å². The summed E-state index contributed by atoms with van der Waals surface area (Å²) in [6.07, 6.45) is 7.59. The average Bonchev–Trinajstić information content (AvgIpc) is 2.57. The van der Waals surface area contributed by atoms with Crippen LogP contribution in [0, 0.1) is 9.39 Å². The fourth-order valence-electron chi connectivity index (χ4n) is 3.10. The molecule has 98 valence electrons. The lowest BCUT2D eigenvalue weighted by atomic mass is 9.88. The highest BCUT2D eigenvalue weighted by atomic mass is 127. The van der Waals surface area contributed by atoms with E-state index in [1.807, 2.05) is 28.7 Å². The fourth-order valence-corrected chi connectivity index (χ4v) is 3.57. The Balaban J connectivity index is 1.89. The molecule has 1 aliphatic carbocycles. The van der Waals surface area contributed by atoms with E-state index in [1.165, 1.54) is 38.5 Å². The second kappa shape index (κ2) is 4.87. The molecule has 1 saturated carbocycles. The van der Waals surface area contributed by atoms with E-state index in [0.717, 1.165) is 17.9 Å². The summed E-state index contributed by atoms with van der Waals surface area (Å²) in [6.45, 7) is 0.960. The summed E-state index contributed by atoms with van der Waals surface area (Å²) in [7, 11) is 0. The van der Waals surface area contributed by atoms with E-state index in [2.05, 4.69) is 10.6 Å². The lowest BCUT2D eigenvalue weighted by Crippen LogP contribution is -2.47.